The predicted octanol–water partition coefficient (Wildman–Crippen LogP) is 2.46. The number of fused-ring (bicyclic) bond motifs is 1. The van der Waals surface area contributed by atoms with E-state index in [2.05, 4.69) is 0 Å². The smallest absolute Gasteiger partial charge is 0.237 e. The molecule has 2 rings (SSSR count). The zero-order chi connectivity index (χ0) is 10.8. The highest BCUT2D eigenvalue weighted by Crippen LogP contribution is 2.25. The van der Waals surface area contributed by atoms with Gasteiger partial charge in [0.2, 0.25) is 5.91 Å². The topological polar surface area (TPSA) is 20.3 Å². The number of hydrogen-bond donors (Lipinski definition) is 0. The van der Waals surface area contributed by atoms with Crippen molar-refractivity contribution in [1.82, 2.24) is 4.90 Å². The van der Waals surface area contributed by atoms with Crippen molar-refractivity contribution in [3.05, 3.63) is 34.3 Å². The Labute approximate surface area is 98.8 Å². The van der Waals surface area contributed by atoms with E-state index in [-0.39, 0.29) is 11.8 Å². The third-order valence-electron chi connectivity index (χ3n) is 2.68. The maximum absolute atomic E-state index is 11.4. The van der Waals surface area contributed by atoms with Crippen LogP contribution in [0.1, 0.15) is 11.1 Å². The molecule has 1 heterocycles. The molecule has 0 bridgehead atoms. The number of carbonyl (C=O) groups excluding carboxylic acids is 1. The number of hydrogen-bond acceptors (Lipinski definition) is 1. The molecular weight excluding hydrogens is 233 g/mol. The first-order chi connectivity index (χ1) is 7.22. The van der Waals surface area contributed by atoms with Gasteiger partial charge in [-0.25, -0.2) is 0 Å². The minimum absolute atomic E-state index is 0.0118. The number of alkyl halides is 1. The van der Waals surface area contributed by atoms with Crippen LogP contribution in [0.3, 0.4) is 0 Å². The molecular formula is C11H11Cl2NO. The highest BCUT2D eigenvalue weighted by molar-refractivity contribution is 6.31. The van der Waals surface area contributed by atoms with Crippen LogP contribution in [-0.4, -0.2) is 23.2 Å². The van der Waals surface area contributed by atoms with Crippen molar-refractivity contribution in [3.63, 3.8) is 0 Å². The SMILES string of the molecule is O=C(CCl)N1CCc2c(Cl)cccc2C1. The number of rotatable bonds is 1. The van der Waals surface area contributed by atoms with Crippen LogP contribution in [-0.2, 0) is 17.8 Å². The van der Waals surface area contributed by atoms with E-state index in [4.69, 9.17) is 23.2 Å². The summed E-state index contributed by atoms with van der Waals surface area (Å²) >= 11 is 11.6. The lowest BCUT2D eigenvalue weighted by Gasteiger charge is -2.28. The van der Waals surface area contributed by atoms with Crippen molar-refractivity contribution < 1.29 is 4.79 Å². The van der Waals surface area contributed by atoms with Gasteiger partial charge < -0.3 is 4.90 Å². The molecule has 2 nitrogen and oxygen atoms in total. The third-order valence-corrected chi connectivity index (χ3v) is 3.26. The van der Waals surface area contributed by atoms with Gasteiger partial charge in [0.25, 0.3) is 0 Å². The summed E-state index contributed by atoms with van der Waals surface area (Å²) in [7, 11) is 0. The Morgan fingerprint density at radius 2 is 2.27 bits per heavy atom. The zero-order valence-electron chi connectivity index (χ0n) is 8.17. The second kappa shape index (κ2) is 4.42. The fourth-order valence-corrected chi connectivity index (χ4v) is 2.32. The molecule has 1 amide bonds. The van der Waals surface area contributed by atoms with Gasteiger partial charge in [-0.15, -0.1) is 11.6 Å². The molecule has 1 aromatic rings. The van der Waals surface area contributed by atoms with Gasteiger partial charge in [-0.2, -0.15) is 0 Å². The predicted molar refractivity (Wildman–Crippen MR) is 61.3 cm³/mol. The molecule has 1 aromatic carbocycles. The molecule has 1 aliphatic heterocycles. The Hall–Kier alpha value is -0.730. The van der Waals surface area contributed by atoms with Crippen LogP contribution in [0.2, 0.25) is 5.02 Å². The van der Waals surface area contributed by atoms with E-state index in [0.29, 0.717) is 13.1 Å². The van der Waals surface area contributed by atoms with E-state index in [1.165, 1.54) is 0 Å². The lowest BCUT2D eigenvalue weighted by Crippen LogP contribution is -2.36. The van der Waals surface area contributed by atoms with Gasteiger partial charge in [0.15, 0.2) is 0 Å². The number of halogens is 2. The van der Waals surface area contributed by atoms with Crippen LogP contribution >= 0.6 is 23.2 Å². The molecule has 0 spiro atoms. The van der Waals surface area contributed by atoms with Gasteiger partial charge in [-0.1, -0.05) is 23.7 Å². The first-order valence-electron chi connectivity index (χ1n) is 4.82. The number of carbonyl (C=O) groups is 1. The van der Waals surface area contributed by atoms with Crippen molar-refractivity contribution in [2.24, 2.45) is 0 Å². The number of amides is 1. The van der Waals surface area contributed by atoms with Crippen molar-refractivity contribution in [2.75, 3.05) is 12.4 Å². The molecule has 0 saturated carbocycles. The first kappa shape index (κ1) is 10.8. The minimum atomic E-state index is -0.0118. The van der Waals surface area contributed by atoms with E-state index in [9.17, 15) is 4.79 Å². The highest BCUT2D eigenvalue weighted by atomic mass is 35.5. The molecule has 80 valence electrons. The summed E-state index contributed by atoms with van der Waals surface area (Å²) in [5.74, 6) is 0.0397. The van der Waals surface area contributed by atoms with E-state index >= 15 is 0 Å². The maximum atomic E-state index is 11.4. The standard InChI is InChI=1S/C11H11Cl2NO/c12-6-11(15)14-5-4-9-8(7-14)2-1-3-10(9)13/h1-3H,4-7H2. The van der Waals surface area contributed by atoms with Crippen molar-refractivity contribution in [1.29, 1.82) is 0 Å². The Bertz CT molecular complexity index is 392. The average molecular weight is 244 g/mol. The molecule has 1 aliphatic rings. The van der Waals surface area contributed by atoms with Crippen LogP contribution < -0.4 is 0 Å². The minimum Gasteiger partial charge on any atom is -0.337 e. The van der Waals surface area contributed by atoms with Crippen molar-refractivity contribution in [2.45, 2.75) is 13.0 Å². The quantitative estimate of drug-likeness (QED) is 0.695. The molecule has 0 N–H and O–H groups in total. The normalized spacial score (nSPS) is 14.9. The molecule has 0 fully saturated rings. The third kappa shape index (κ3) is 2.11. The van der Waals surface area contributed by atoms with Crippen LogP contribution in [0.5, 0.6) is 0 Å². The Morgan fingerprint density at radius 1 is 1.47 bits per heavy atom. The summed E-state index contributed by atoms with van der Waals surface area (Å²) in [4.78, 5) is 13.2. The average Bonchev–Trinajstić information content (AvgIpc) is 2.28. The largest absolute Gasteiger partial charge is 0.337 e. The van der Waals surface area contributed by atoms with Crippen LogP contribution in [0.4, 0.5) is 0 Å². The summed E-state index contributed by atoms with van der Waals surface area (Å²) < 4.78 is 0. The highest BCUT2D eigenvalue weighted by Gasteiger charge is 2.20. The van der Waals surface area contributed by atoms with E-state index < -0.39 is 0 Å². The lowest BCUT2D eigenvalue weighted by atomic mass is 10.00. The maximum Gasteiger partial charge on any atom is 0.237 e. The summed E-state index contributed by atoms with van der Waals surface area (Å²) in [6.07, 6.45) is 0.817. The fourth-order valence-electron chi connectivity index (χ4n) is 1.86. The van der Waals surface area contributed by atoms with Crippen molar-refractivity contribution >= 4 is 29.1 Å². The summed E-state index contributed by atoms with van der Waals surface area (Å²) in [6.45, 7) is 1.34. The molecule has 0 radical (unpaired) electrons. The second-order valence-electron chi connectivity index (χ2n) is 3.58. The molecule has 0 atom stereocenters. The van der Waals surface area contributed by atoms with Gasteiger partial charge in [-0.05, 0) is 23.6 Å². The second-order valence-corrected chi connectivity index (χ2v) is 4.25. The summed E-state index contributed by atoms with van der Waals surface area (Å²) in [6, 6.07) is 5.81. The Morgan fingerprint density at radius 3 is 3.00 bits per heavy atom. The van der Waals surface area contributed by atoms with E-state index in [1.54, 1.807) is 4.90 Å². The summed E-state index contributed by atoms with van der Waals surface area (Å²) in [5, 5.41) is 0.797. The van der Waals surface area contributed by atoms with Gasteiger partial charge in [-0.3, -0.25) is 4.79 Å². The molecule has 0 aliphatic carbocycles. The monoisotopic (exact) mass is 243 g/mol. The molecule has 0 aromatic heterocycles. The first-order valence-corrected chi connectivity index (χ1v) is 5.73. The number of benzene rings is 1. The Balaban J connectivity index is 2.24. The zero-order valence-corrected chi connectivity index (χ0v) is 9.68. The lowest BCUT2D eigenvalue weighted by molar-refractivity contribution is -0.129. The van der Waals surface area contributed by atoms with Crippen LogP contribution in [0.25, 0.3) is 0 Å². The van der Waals surface area contributed by atoms with Gasteiger partial charge in [0.1, 0.15) is 5.88 Å². The van der Waals surface area contributed by atoms with Crippen molar-refractivity contribution in [3.8, 4) is 0 Å². The fraction of sp³-hybridized carbons (Fsp3) is 0.364. The van der Waals surface area contributed by atoms with Gasteiger partial charge >= 0.3 is 0 Å². The van der Waals surface area contributed by atoms with Gasteiger partial charge in [0.05, 0.1) is 0 Å². The molecule has 15 heavy (non-hydrogen) atoms. The molecule has 0 saturated heterocycles. The van der Waals surface area contributed by atoms with E-state index in [0.717, 1.165) is 22.6 Å². The number of nitrogens with zero attached hydrogens (tertiary/aromatic N) is 1. The molecule has 4 heteroatoms. The molecule has 0 unspecified atom stereocenters. The van der Waals surface area contributed by atoms with Crippen LogP contribution in [0, 0.1) is 0 Å². The summed E-state index contributed by atoms with van der Waals surface area (Å²) in [5.41, 5.74) is 2.30. The van der Waals surface area contributed by atoms with Gasteiger partial charge in [0, 0.05) is 18.1 Å². The van der Waals surface area contributed by atoms with E-state index in [1.807, 2.05) is 18.2 Å². The van der Waals surface area contributed by atoms with Crippen LogP contribution in [0.15, 0.2) is 18.2 Å². The Kier molecular flexibility index (Phi) is 3.17.